The van der Waals surface area contributed by atoms with E-state index in [-0.39, 0.29) is 5.75 Å². The predicted octanol–water partition coefficient (Wildman–Crippen LogP) is 3.13. The van der Waals surface area contributed by atoms with Gasteiger partial charge in [-0.3, -0.25) is 0 Å². The second-order valence-electron chi connectivity index (χ2n) is 3.95. The Hall–Kier alpha value is -2.41. The van der Waals surface area contributed by atoms with Gasteiger partial charge < -0.3 is 9.84 Å². The highest BCUT2D eigenvalue weighted by Crippen LogP contribution is 2.36. The lowest BCUT2D eigenvalue weighted by atomic mass is 10.2. The molecule has 1 heterocycles. The quantitative estimate of drug-likeness (QED) is 0.769. The molecular weight excluding hydrogens is 324 g/mol. The van der Waals surface area contributed by atoms with E-state index in [2.05, 4.69) is 36.6 Å². The first-order valence-corrected chi connectivity index (χ1v) is 6.52. The molecule has 0 aliphatic heterocycles. The average molecular weight is 333 g/mol. The van der Waals surface area contributed by atoms with Crippen molar-refractivity contribution < 1.29 is 9.84 Å². The number of hydrogen-bond acceptors (Lipinski definition) is 5. The lowest BCUT2D eigenvalue weighted by molar-refractivity contribution is 0.411. The lowest BCUT2D eigenvalue weighted by Gasteiger charge is -2.10. The van der Waals surface area contributed by atoms with Crippen molar-refractivity contribution >= 4 is 15.9 Å². The van der Waals surface area contributed by atoms with Crippen LogP contribution < -0.4 is 4.74 Å². The van der Waals surface area contributed by atoms with Gasteiger partial charge in [-0.1, -0.05) is 28.1 Å². The third kappa shape index (κ3) is 2.48. The molecule has 0 amide bonds. The highest BCUT2D eigenvalue weighted by Gasteiger charge is 2.12. The molecule has 7 heteroatoms. The molecule has 1 aromatic heterocycles. The van der Waals surface area contributed by atoms with Gasteiger partial charge in [-0.15, -0.1) is 10.2 Å². The van der Waals surface area contributed by atoms with E-state index in [0.29, 0.717) is 22.9 Å². The van der Waals surface area contributed by atoms with E-state index in [1.54, 1.807) is 24.3 Å². The van der Waals surface area contributed by atoms with E-state index in [9.17, 15) is 5.11 Å². The molecule has 0 saturated carbocycles. The Labute approximate surface area is 122 Å². The van der Waals surface area contributed by atoms with Crippen LogP contribution in [0.25, 0.3) is 11.4 Å². The molecule has 0 saturated heterocycles. The molecule has 6 nitrogen and oxygen atoms in total. The van der Waals surface area contributed by atoms with E-state index in [4.69, 9.17) is 4.74 Å². The van der Waals surface area contributed by atoms with Crippen molar-refractivity contribution in [3.05, 3.63) is 46.9 Å². The summed E-state index contributed by atoms with van der Waals surface area (Å²) in [5.41, 5.74) is 0.681. The van der Waals surface area contributed by atoms with Crippen LogP contribution in [-0.2, 0) is 0 Å². The highest BCUT2D eigenvalue weighted by atomic mass is 79.9. The summed E-state index contributed by atoms with van der Waals surface area (Å²) in [6, 6.07) is 12.2. The van der Waals surface area contributed by atoms with Crippen molar-refractivity contribution in [2.45, 2.75) is 0 Å². The molecule has 0 aliphatic carbocycles. The van der Waals surface area contributed by atoms with Gasteiger partial charge in [0, 0.05) is 4.47 Å². The minimum atomic E-state index is 0.0520. The molecule has 2 aromatic carbocycles. The van der Waals surface area contributed by atoms with Gasteiger partial charge in [-0.05, 0) is 35.5 Å². The average Bonchev–Trinajstić information content (AvgIpc) is 2.97. The fourth-order valence-electron chi connectivity index (χ4n) is 1.70. The fraction of sp³-hybridized carbons (Fsp3) is 0. The number of nitrogens with zero attached hydrogens (tertiary/aromatic N) is 3. The number of aromatic nitrogens is 4. The van der Waals surface area contributed by atoms with Gasteiger partial charge in [0.25, 0.3) is 0 Å². The number of rotatable bonds is 3. The van der Waals surface area contributed by atoms with Gasteiger partial charge >= 0.3 is 0 Å². The van der Waals surface area contributed by atoms with E-state index in [0.717, 1.165) is 4.47 Å². The van der Waals surface area contributed by atoms with E-state index >= 15 is 0 Å². The first-order chi connectivity index (χ1) is 9.74. The van der Waals surface area contributed by atoms with Crippen LogP contribution in [0, 0.1) is 0 Å². The number of tetrazole rings is 1. The van der Waals surface area contributed by atoms with Crippen molar-refractivity contribution in [1.82, 2.24) is 20.6 Å². The van der Waals surface area contributed by atoms with Crippen LogP contribution in [-0.4, -0.2) is 25.7 Å². The smallest absolute Gasteiger partial charge is 0.208 e. The van der Waals surface area contributed by atoms with Crippen molar-refractivity contribution in [1.29, 1.82) is 0 Å². The number of H-pyrrole nitrogens is 1. The first kappa shape index (κ1) is 12.6. The molecule has 2 N–H and O–H groups in total. The lowest BCUT2D eigenvalue weighted by Crippen LogP contribution is -1.90. The number of para-hydroxylation sites is 1. The summed E-state index contributed by atoms with van der Waals surface area (Å²) < 4.78 is 6.55. The Morgan fingerprint density at radius 1 is 1.10 bits per heavy atom. The maximum Gasteiger partial charge on any atom is 0.208 e. The summed E-state index contributed by atoms with van der Waals surface area (Å²) in [7, 11) is 0. The van der Waals surface area contributed by atoms with Crippen molar-refractivity contribution in [2.75, 3.05) is 0 Å². The van der Waals surface area contributed by atoms with E-state index < -0.39 is 0 Å². The Balaban J connectivity index is 2.01. The predicted molar refractivity (Wildman–Crippen MR) is 75.5 cm³/mol. The zero-order chi connectivity index (χ0) is 13.9. The Morgan fingerprint density at radius 2 is 1.95 bits per heavy atom. The first-order valence-electron chi connectivity index (χ1n) is 5.73. The molecule has 0 bridgehead atoms. The standard InChI is InChI=1S/C13H9BrN4O2/c14-8-5-6-10(19)12(7-8)20-11-4-2-1-3-9(11)13-15-17-18-16-13/h1-7,19H,(H,15,16,17,18). The van der Waals surface area contributed by atoms with Crippen LogP contribution in [0.2, 0.25) is 0 Å². The second kappa shape index (κ2) is 5.30. The zero-order valence-corrected chi connectivity index (χ0v) is 11.7. The number of hydrogen-bond donors (Lipinski definition) is 2. The molecule has 0 atom stereocenters. The zero-order valence-electron chi connectivity index (χ0n) is 10.1. The SMILES string of the molecule is Oc1ccc(Br)cc1Oc1ccccc1-c1nn[nH]n1. The maximum absolute atomic E-state index is 9.82. The van der Waals surface area contributed by atoms with Crippen LogP contribution in [0.1, 0.15) is 0 Å². The molecule has 3 aromatic rings. The molecule has 0 aliphatic rings. The summed E-state index contributed by atoms with van der Waals surface area (Å²) in [6.45, 7) is 0. The third-order valence-electron chi connectivity index (χ3n) is 2.62. The molecule has 100 valence electrons. The van der Waals surface area contributed by atoms with Crippen LogP contribution >= 0.6 is 15.9 Å². The summed E-state index contributed by atoms with van der Waals surface area (Å²) >= 11 is 3.34. The number of aromatic amines is 1. The molecule has 0 radical (unpaired) electrons. The molecule has 3 rings (SSSR count). The van der Waals surface area contributed by atoms with Crippen molar-refractivity contribution in [2.24, 2.45) is 0 Å². The maximum atomic E-state index is 9.82. The summed E-state index contributed by atoms with van der Waals surface area (Å²) in [4.78, 5) is 0. The monoisotopic (exact) mass is 332 g/mol. The minimum Gasteiger partial charge on any atom is -0.504 e. The number of nitrogens with one attached hydrogen (secondary N) is 1. The van der Waals surface area contributed by atoms with Gasteiger partial charge in [-0.2, -0.15) is 5.21 Å². The van der Waals surface area contributed by atoms with Crippen LogP contribution in [0.15, 0.2) is 46.9 Å². The normalized spacial score (nSPS) is 10.4. The third-order valence-corrected chi connectivity index (χ3v) is 3.11. The van der Waals surface area contributed by atoms with E-state index in [1.165, 1.54) is 0 Å². The number of phenols is 1. The van der Waals surface area contributed by atoms with Gasteiger partial charge in [-0.25, -0.2) is 0 Å². The number of ether oxygens (including phenoxy) is 1. The fourth-order valence-corrected chi connectivity index (χ4v) is 2.04. The Morgan fingerprint density at radius 3 is 2.75 bits per heavy atom. The molecule has 0 spiro atoms. The van der Waals surface area contributed by atoms with Crippen molar-refractivity contribution in [3.8, 4) is 28.6 Å². The number of benzene rings is 2. The highest BCUT2D eigenvalue weighted by molar-refractivity contribution is 9.10. The van der Waals surface area contributed by atoms with Crippen LogP contribution in [0.5, 0.6) is 17.2 Å². The summed E-state index contributed by atoms with van der Waals surface area (Å²) in [5.74, 6) is 1.35. The Kier molecular flexibility index (Phi) is 3.34. The molecule has 0 unspecified atom stereocenters. The number of aromatic hydroxyl groups is 1. The molecule has 0 fully saturated rings. The molecular formula is C13H9BrN4O2. The summed E-state index contributed by atoms with van der Waals surface area (Å²) in [5, 5.41) is 23.6. The van der Waals surface area contributed by atoms with Gasteiger partial charge in [0.2, 0.25) is 5.82 Å². The molecule has 20 heavy (non-hydrogen) atoms. The summed E-state index contributed by atoms with van der Waals surface area (Å²) in [6.07, 6.45) is 0. The second-order valence-corrected chi connectivity index (χ2v) is 4.86. The number of phenolic OH excluding ortho intramolecular Hbond substituents is 1. The van der Waals surface area contributed by atoms with Crippen molar-refractivity contribution in [3.63, 3.8) is 0 Å². The van der Waals surface area contributed by atoms with Crippen LogP contribution in [0.4, 0.5) is 0 Å². The van der Waals surface area contributed by atoms with Gasteiger partial charge in [0.15, 0.2) is 11.5 Å². The minimum absolute atomic E-state index is 0.0520. The largest absolute Gasteiger partial charge is 0.504 e. The van der Waals surface area contributed by atoms with E-state index in [1.807, 2.05) is 18.2 Å². The van der Waals surface area contributed by atoms with Gasteiger partial charge in [0.05, 0.1) is 5.56 Å². The topological polar surface area (TPSA) is 83.9 Å². The Bertz CT molecular complexity index is 731. The van der Waals surface area contributed by atoms with Gasteiger partial charge in [0.1, 0.15) is 5.75 Å². The van der Waals surface area contributed by atoms with Crippen LogP contribution in [0.3, 0.4) is 0 Å². The number of halogens is 1.